The summed E-state index contributed by atoms with van der Waals surface area (Å²) in [5.41, 5.74) is 2.81. The molecule has 2 heteroatoms. The van der Waals surface area contributed by atoms with E-state index in [0.29, 0.717) is 0 Å². The van der Waals surface area contributed by atoms with Gasteiger partial charge in [0.05, 0.1) is 11.7 Å². The van der Waals surface area contributed by atoms with Crippen molar-refractivity contribution < 1.29 is 4.74 Å². The van der Waals surface area contributed by atoms with Crippen molar-refractivity contribution in [2.75, 3.05) is 13.1 Å². The highest BCUT2D eigenvalue weighted by Crippen LogP contribution is 2.40. The van der Waals surface area contributed by atoms with E-state index >= 15 is 0 Å². The van der Waals surface area contributed by atoms with Crippen LogP contribution >= 0.6 is 0 Å². The largest absolute Gasteiger partial charge is 0.364 e. The van der Waals surface area contributed by atoms with Crippen molar-refractivity contribution in [3.05, 3.63) is 35.4 Å². The van der Waals surface area contributed by atoms with Crippen LogP contribution in [0.5, 0.6) is 0 Å². The smallest absolute Gasteiger partial charge is 0.0957 e. The lowest BCUT2D eigenvalue weighted by Gasteiger charge is -2.46. The van der Waals surface area contributed by atoms with Crippen LogP contribution in [0.15, 0.2) is 24.3 Å². The summed E-state index contributed by atoms with van der Waals surface area (Å²) in [6.45, 7) is 6.54. The lowest BCUT2D eigenvalue weighted by Crippen LogP contribution is -2.52. The van der Waals surface area contributed by atoms with E-state index in [0.717, 1.165) is 25.4 Å². The number of rotatable bonds is 2. The molecule has 1 saturated heterocycles. The monoisotopic (exact) mass is 273 g/mol. The summed E-state index contributed by atoms with van der Waals surface area (Å²) in [5, 5.41) is 3.62. The maximum Gasteiger partial charge on any atom is 0.0957 e. The van der Waals surface area contributed by atoms with Crippen LogP contribution in [0.1, 0.15) is 56.8 Å². The fraction of sp³-hybridized carbons (Fsp3) is 0.667. The van der Waals surface area contributed by atoms with Gasteiger partial charge in [-0.3, -0.25) is 0 Å². The highest BCUT2D eigenvalue weighted by molar-refractivity contribution is 5.25. The van der Waals surface area contributed by atoms with Gasteiger partial charge in [-0.1, -0.05) is 51.0 Å². The lowest BCUT2D eigenvalue weighted by molar-refractivity contribution is -0.143. The van der Waals surface area contributed by atoms with Crippen molar-refractivity contribution >= 4 is 0 Å². The Hall–Kier alpha value is -0.860. The van der Waals surface area contributed by atoms with E-state index in [9.17, 15) is 0 Å². The molecule has 0 aromatic heterocycles. The maximum atomic E-state index is 6.58. The summed E-state index contributed by atoms with van der Waals surface area (Å²) >= 11 is 0. The van der Waals surface area contributed by atoms with Gasteiger partial charge in [0, 0.05) is 13.1 Å². The molecule has 2 nitrogen and oxygen atoms in total. The number of ether oxygens (including phenoxy) is 1. The minimum Gasteiger partial charge on any atom is -0.364 e. The highest BCUT2D eigenvalue weighted by Gasteiger charge is 2.40. The van der Waals surface area contributed by atoms with E-state index in [-0.39, 0.29) is 11.7 Å². The number of benzene rings is 1. The number of hydrogen-bond donors (Lipinski definition) is 1. The third-order valence-corrected chi connectivity index (χ3v) is 4.98. The molecule has 1 aliphatic heterocycles. The van der Waals surface area contributed by atoms with Crippen LogP contribution in [0.3, 0.4) is 0 Å². The molecule has 1 aromatic carbocycles. The van der Waals surface area contributed by atoms with Crippen molar-refractivity contribution in [3.63, 3.8) is 0 Å². The molecule has 1 heterocycles. The minimum atomic E-state index is 0.0873. The van der Waals surface area contributed by atoms with Crippen molar-refractivity contribution in [2.24, 2.45) is 5.92 Å². The zero-order valence-electron chi connectivity index (χ0n) is 12.8. The molecule has 110 valence electrons. The molecule has 0 amide bonds. The molecule has 1 aromatic rings. The molecule has 1 spiro atoms. The van der Waals surface area contributed by atoms with E-state index in [1.54, 1.807) is 0 Å². The Morgan fingerprint density at radius 3 is 2.80 bits per heavy atom. The van der Waals surface area contributed by atoms with Crippen molar-refractivity contribution in [1.82, 2.24) is 5.32 Å². The molecular weight excluding hydrogens is 246 g/mol. The van der Waals surface area contributed by atoms with E-state index in [4.69, 9.17) is 4.74 Å². The molecular formula is C18H27NO. The van der Waals surface area contributed by atoms with Crippen LogP contribution in [-0.4, -0.2) is 18.7 Å². The summed E-state index contributed by atoms with van der Waals surface area (Å²) in [6, 6.07) is 8.97. The van der Waals surface area contributed by atoms with Gasteiger partial charge in [0.1, 0.15) is 0 Å². The van der Waals surface area contributed by atoms with Crippen LogP contribution in [0.25, 0.3) is 0 Å². The van der Waals surface area contributed by atoms with Crippen molar-refractivity contribution in [3.8, 4) is 0 Å². The van der Waals surface area contributed by atoms with Gasteiger partial charge in [-0.25, -0.2) is 0 Å². The van der Waals surface area contributed by atoms with E-state index in [1.807, 2.05) is 0 Å². The van der Waals surface area contributed by atoms with Crippen molar-refractivity contribution in [2.45, 2.75) is 57.7 Å². The van der Waals surface area contributed by atoms with E-state index < -0.39 is 0 Å². The molecule has 1 N–H and O–H groups in total. The Balaban J connectivity index is 1.73. The predicted molar refractivity (Wildman–Crippen MR) is 82.9 cm³/mol. The minimum absolute atomic E-state index is 0.0873. The third kappa shape index (κ3) is 2.91. The first-order chi connectivity index (χ1) is 9.71. The Morgan fingerprint density at radius 1 is 1.30 bits per heavy atom. The molecule has 2 aliphatic rings. The zero-order chi connectivity index (χ0) is 14.0. The molecule has 0 radical (unpaired) electrons. The summed E-state index contributed by atoms with van der Waals surface area (Å²) in [5.74, 6) is 0.798. The summed E-state index contributed by atoms with van der Waals surface area (Å²) < 4.78 is 6.58. The summed E-state index contributed by atoms with van der Waals surface area (Å²) in [7, 11) is 0. The van der Waals surface area contributed by atoms with Crippen LogP contribution in [0.2, 0.25) is 0 Å². The Morgan fingerprint density at radius 2 is 2.10 bits per heavy atom. The van der Waals surface area contributed by atoms with Gasteiger partial charge in [-0.2, -0.15) is 0 Å². The first kappa shape index (κ1) is 14.1. The number of nitrogens with one attached hydrogen (secondary N) is 1. The quantitative estimate of drug-likeness (QED) is 0.883. The Kier molecular flexibility index (Phi) is 4.13. The van der Waals surface area contributed by atoms with Crippen LogP contribution in [0, 0.1) is 5.92 Å². The highest BCUT2D eigenvalue weighted by atomic mass is 16.5. The average Bonchev–Trinajstić information content (AvgIpc) is 2.47. The fourth-order valence-electron chi connectivity index (χ4n) is 3.85. The van der Waals surface area contributed by atoms with Crippen LogP contribution in [-0.2, 0) is 11.2 Å². The van der Waals surface area contributed by atoms with Crippen LogP contribution < -0.4 is 5.32 Å². The third-order valence-electron chi connectivity index (χ3n) is 4.98. The SMILES string of the molecule is CCc1ccc(C2CNCC3(CCCC(C)C3)O2)cc1. The first-order valence-corrected chi connectivity index (χ1v) is 8.18. The second-order valence-corrected chi connectivity index (χ2v) is 6.72. The molecule has 3 rings (SSSR count). The molecule has 3 unspecified atom stereocenters. The van der Waals surface area contributed by atoms with Gasteiger partial charge in [0.15, 0.2) is 0 Å². The first-order valence-electron chi connectivity index (χ1n) is 8.18. The van der Waals surface area contributed by atoms with E-state index in [1.165, 1.54) is 36.8 Å². The van der Waals surface area contributed by atoms with Gasteiger partial charge >= 0.3 is 0 Å². The fourth-order valence-corrected chi connectivity index (χ4v) is 3.85. The Labute approximate surface area is 122 Å². The zero-order valence-corrected chi connectivity index (χ0v) is 12.8. The number of aryl methyl sites for hydroxylation is 1. The standard InChI is InChI=1S/C18H27NO/c1-3-15-6-8-16(9-7-15)17-12-19-13-18(20-17)10-4-5-14(2)11-18/h6-9,14,17,19H,3-5,10-13H2,1-2H3. The van der Waals surface area contributed by atoms with Gasteiger partial charge in [0.25, 0.3) is 0 Å². The summed E-state index contributed by atoms with van der Waals surface area (Å²) in [6.07, 6.45) is 6.42. The molecule has 20 heavy (non-hydrogen) atoms. The molecule has 2 fully saturated rings. The topological polar surface area (TPSA) is 21.3 Å². The Bertz CT molecular complexity index is 437. The average molecular weight is 273 g/mol. The van der Waals surface area contributed by atoms with Gasteiger partial charge in [-0.05, 0) is 36.3 Å². The molecule has 1 saturated carbocycles. The second kappa shape index (κ2) is 5.87. The normalized spacial score (nSPS) is 34.3. The van der Waals surface area contributed by atoms with E-state index in [2.05, 4.69) is 43.4 Å². The summed E-state index contributed by atoms with van der Waals surface area (Å²) in [4.78, 5) is 0. The van der Waals surface area contributed by atoms with Crippen molar-refractivity contribution in [1.29, 1.82) is 0 Å². The number of morpholine rings is 1. The lowest BCUT2D eigenvalue weighted by atomic mass is 9.77. The molecule has 1 aliphatic carbocycles. The van der Waals surface area contributed by atoms with Gasteiger partial charge in [0.2, 0.25) is 0 Å². The number of hydrogen-bond acceptors (Lipinski definition) is 2. The molecule has 0 bridgehead atoms. The second-order valence-electron chi connectivity index (χ2n) is 6.72. The van der Waals surface area contributed by atoms with Gasteiger partial charge < -0.3 is 10.1 Å². The van der Waals surface area contributed by atoms with Crippen LogP contribution in [0.4, 0.5) is 0 Å². The molecule has 3 atom stereocenters. The predicted octanol–water partition coefficient (Wildman–Crippen LogP) is 3.86. The maximum absolute atomic E-state index is 6.58. The van der Waals surface area contributed by atoms with Gasteiger partial charge in [-0.15, -0.1) is 0 Å².